The number of anilines is 2. The predicted octanol–water partition coefficient (Wildman–Crippen LogP) is 6.35. The number of carbonyl (C=O) groups is 2. The van der Waals surface area contributed by atoms with Crippen LogP contribution >= 0.6 is 0 Å². The zero-order valence-electron chi connectivity index (χ0n) is 20.2. The Balaban J connectivity index is 1.24. The number of nitrogens with zero attached hydrogens (tertiary/aromatic N) is 3. The van der Waals surface area contributed by atoms with Gasteiger partial charge in [0.1, 0.15) is 0 Å². The number of aromatic nitrogens is 2. The summed E-state index contributed by atoms with van der Waals surface area (Å²) in [5, 5.41) is 2.94. The molecule has 2 aromatic heterocycles. The third kappa shape index (κ3) is 4.49. The molecule has 0 radical (unpaired) electrons. The molecule has 184 valence electrons. The van der Waals surface area contributed by atoms with Crippen molar-refractivity contribution < 1.29 is 14.3 Å². The summed E-state index contributed by atoms with van der Waals surface area (Å²) in [6.45, 7) is 0.322. The first-order chi connectivity index (χ1) is 18.7. The van der Waals surface area contributed by atoms with E-state index in [1.807, 2.05) is 66.7 Å². The number of amides is 2. The van der Waals surface area contributed by atoms with Gasteiger partial charge in [-0.15, -0.1) is 0 Å². The van der Waals surface area contributed by atoms with Crippen LogP contribution in [0.5, 0.6) is 11.6 Å². The highest BCUT2D eigenvalue weighted by atomic mass is 16.5. The number of ether oxygens (including phenoxy) is 1. The van der Waals surface area contributed by atoms with E-state index in [4.69, 9.17) is 4.74 Å². The molecule has 7 nitrogen and oxygen atoms in total. The fourth-order valence-electron chi connectivity index (χ4n) is 4.45. The molecule has 0 atom stereocenters. The second-order valence-electron chi connectivity index (χ2n) is 8.75. The van der Waals surface area contributed by atoms with Gasteiger partial charge >= 0.3 is 0 Å². The molecule has 0 spiro atoms. The Morgan fingerprint density at radius 3 is 2.45 bits per heavy atom. The Morgan fingerprint density at radius 1 is 0.816 bits per heavy atom. The van der Waals surface area contributed by atoms with Crippen molar-refractivity contribution in [2.45, 2.75) is 6.54 Å². The number of pyridine rings is 2. The van der Waals surface area contributed by atoms with Crippen molar-refractivity contribution in [3.05, 3.63) is 132 Å². The van der Waals surface area contributed by atoms with Crippen LogP contribution in [0.3, 0.4) is 0 Å². The van der Waals surface area contributed by atoms with Crippen LogP contribution < -0.4 is 15.0 Å². The number of benzene rings is 3. The van der Waals surface area contributed by atoms with Crippen molar-refractivity contribution in [3.63, 3.8) is 0 Å². The van der Waals surface area contributed by atoms with Crippen LogP contribution in [-0.4, -0.2) is 21.8 Å². The van der Waals surface area contributed by atoms with Crippen LogP contribution in [0, 0.1) is 0 Å². The number of rotatable bonds is 4. The van der Waals surface area contributed by atoms with Crippen molar-refractivity contribution in [1.82, 2.24) is 9.97 Å². The summed E-state index contributed by atoms with van der Waals surface area (Å²) in [5.74, 6) is 0.623. The summed E-state index contributed by atoms with van der Waals surface area (Å²) in [5.41, 5.74) is 4.74. The largest absolute Gasteiger partial charge is 0.436 e. The summed E-state index contributed by atoms with van der Waals surface area (Å²) < 4.78 is 6.01. The molecule has 3 heterocycles. The SMILES string of the molecule is O=C(Nc1ccc(C(=O)N2Cc3cccnc3Oc3ccccc32)cc1)c1ccccc1-c1cccnc1. The Morgan fingerprint density at radius 2 is 1.61 bits per heavy atom. The van der Waals surface area contributed by atoms with E-state index in [0.29, 0.717) is 40.7 Å². The van der Waals surface area contributed by atoms with Gasteiger partial charge in [-0.2, -0.15) is 0 Å². The number of fused-ring (bicyclic) bond motifs is 2. The lowest BCUT2D eigenvalue weighted by Crippen LogP contribution is -2.29. The minimum absolute atomic E-state index is 0.183. The van der Waals surface area contributed by atoms with Crippen LogP contribution in [0.25, 0.3) is 11.1 Å². The maximum atomic E-state index is 13.6. The summed E-state index contributed by atoms with van der Waals surface area (Å²) in [6, 6.07) is 29.2. The molecule has 1 aliphatic rings. The van der Waals surface area contributed by atoms with Gasteiger partial charge in [-0.05, 0) is 60.2 Å². The molecule has 5 aromatic rings. The first kappa shape index (κ1) is 23.1. The monoisotopic (exact) mass is 498 g/mol. The van der Waals surface area contributed by atoms with Gasteiger partial charge in [0.25, 0.3) is 11.8 Å². The fourth-order valence-corrected chi connectivity index (χ4v) is 4.45. The average molecular weight is 499 g/mol. The van der Waals surface area contributed by atoms with Crippen LogP contribution in [-0.2, 0) is 6.54 Å². The van der Waals surface area contributed by atoms with Gasteiger partial charge in [-0.25, -0.2) is 4.98 Å². The lowest BCUT2D eigenvalue weighted by atomic mass is 10.0. The molecule has 1 N–H and O–H groups in total. The first-order valence-corrected chi connectivity index (χ1v) is 12.1. The zero-order chi connectivity index (χ0) is 25.9. The summed E-state index contributed by atoms with van der Waals surface area (Å²) in [4.78, 5) is 37.0. The maximum Gasteiger partial charge on any atom is 0.258 e. The van der Waals surface area contributed by atoms with E-state index < -0.39 is 0 Å². The number of hydrogen-bond donors (Lipinski definition) is 1. The molecule has 0 unspecified atom stereocenters. The van der Waals surface area contributed by atoms with Gasteiger partial charge in [0.2, 0.25) is 5.88 Å². The highest BCUT2D eigenvalue weighted by molar-refractivity contribution is 6.10. The highest BCUT2D eigenvalue weighted by Gasteiger charge is 2.26. The summed E-state index contributed by atoms with van der Waals surface area (Å²) >= 11 is 0. The second kappa shape index (κ2) is 9.99. The smallest absolute Gasteiger partial charge is 0.258 e. The van der Waals surface area contributed by atoms with E-state index in [2.05, 4.69) is 15.3 Å². The molecule has 3 aromatic carbocycles. The molecule has 7 heteroatoms. The fraction of sp³-hybridized carbons (Fsp3) is 0.0323. The topological polar surface area (TPSA) is 84.4 Å². The van der Waals surface area contributed by atoms with Gasteiger partial charge in [0.15, 0.2) is 5.75 Å². The molecule has 0 aliphatic carbocycles. The quantitative estimate of drug-likeness (QED) is 0.312. The normalized spacial score (nSPS) is 11.9. The molecule has 38 heavy (non-hydrogen) atoms. The minimum atomic E-state index is -0.244. The lowest BCUT2D eigenvalue weighted by Gasteiger charge is -2.22. The standard InChI is InChI=1S/C31H22N4O3/c36-29(26-10-2-1-9-25(26)22-7-5-17-32-19-22)34-24-15-13-21(14-16-24)31(37)35-20-23-8-6-18-33-30(23)38-28-12-4-3-11-27(28)35/h1-19H,20H2,(H,34,36). The van der Waals surface area contributed by atoms with Crippen molar-refractivity contribution >= 4 is 23.2 Å². The maximum absolute atomic E-state index is 13.6. The number of nitrogens with one attached hydrogen (secondary N) is 1. The average Bonchev–Trinajstić information content (AvgIpc) is 3.14. The van der Waals surface area contributed by atoms with Gasteiger partial charge in [0.05, 0.1) is 12.2 Å². The number of para-hydroxylation sites is 2. The third-order valence-electron chi connectivity index (χ3n) is 6.32. The van der Waals surface area contributed by atoms with Crippen molar-refractivity contribution in [1.29, 1.82) is 0 Å². The van der Waals surface area contributed by atoms with E-state index in [1.54, 1.807) is 53.8 Å². The summed E-state index contributed by atoms with van der Waals surface area (Å²) in [6.07, 6.45) is 5.09. The Hall–Kier alpha value is -5.30. The predicted molar refractivity (Wildman–Crippen MR) is 145 cm³/mol. The van der Waals surface area contributed by atoms with Crippen LogP contribution in [0.2, 0.25) is 0 Å². The zero-order valence-corrected chi connectivity index (χ0v) is 20.2. The van der Waals surface area contributed by atoms with Gasteiger partial charge in [-0.1, -0.05) is 42.5 Å². The van der Waals surface area contributed by atoms with E-state index >= 15 is 0 Å². The Kier molecular flexibility index (Phi) is 6.08. The molecule has 2 amide bonds. The van der Waals surface area contributed by atoms with Crippen LogP contribution in [0.1, 0.15) is 26.3 Å². The molecule has 0 bridgehead atoms. The van der Waals surface area contributed by atoms with E-state index in [1.165, 1.54) is 0 Å². The van der Waals surface area contributed by atoms with E-state index in [9.17, 15) is 9.59 Å². The number of carbonyl (C=O) groups excluding carboxylic acids is 2. The van der Waals surface area contributed by atoms with E-state index in [-0.39, 0.29) is 11.8 Å². The van der Waals surface area contributed by atoms with Gasteiger partial charge < -0.3 is 15.0 Å². The summed E-state index contributed by atoms with van der Waals surface area (Å²) in [7, 11) is 0. The highest BCUT2D eigenvalue weighted by Crippen LogP contribution is 2.38. The minimum Gasteiger partial charge on any atom is -0.436 e. The van der Waals surface area contributed by atoms with E-state index in [0.717, 1.165) is 16.7 Å². The van der Waals surface area contributed by atoms with Crippen molar-refractivity contribution in [2.24, 2.45) is 0 Å². The van der Waals surface area contributed by atoms with Gasteiger partial charge in [-0.3, -0.25) is 14.6 Å². The molecule has 0 saturated heterocycles. The molecule has 0 fully saturated rings. The number of hydrogen-bond acceptors (Lipinski definition) is 5. The van der Waals surface area contributed by atoms with Crippen molar-refractivity contribution in [3.8, 4) is 22.8 Å². The Bertz CT molecular complexity index is 1640. The van der Waals surface area contributed by atoms with Gasteiger partial charge in [0, 0.05) is 46.5 Å². The van der Waals surface area contributed by atoms with Crippen molar-refractivity contribution in [2.75, 3.05) is 10.2 Å². The molecule has 6 rings (SSSR count). The Labute approximate surface area is 219 Å². The second-order valence-corrected chi connectivity index (χ2v) is 8.75. The molecular weight excluding hydrogens is 476 g/mol. The third-order valence-corrected chi connectivity index (χ3v) is 6.32. The molecule has 0 saturated carbocycles. The molecular formula is C31H22N4O3. The van der Waals surface area contributed by atoms with Crippen LogP contribution in [0.4, 0.5) is 11.4 Å². The van der Waals surface area contributed by atoms with Crippen LogP contribution in [0.15, 0.2) is 116 Å². The first-order valence-electron chi connectivity index (χ1n) is 12.1. The lowest BCUT2D eigenvalue weighted by molar-refractivity contribution is 0.0984. The molecule has 1 aliphatic heterocycles.